The molecule has 2 aromatic rings. The Morgan fingerprint density at radius 3 is 2.37 bits per heavy atom. The van der Waals surface area contributed by atoms with Gasteiger partial charge in [0.15, 0.2) is 0 Å². The normalized spacial score (nSPS) is 12.2. The van der Waals surface area contributed by atoms with Gasteiger partial charge < -0.3 is 10.6 Å². The number of nitrogens with two attached hydrogens (primary N) is 1. The van der Waals surface area contributed by atoms with Gasteiger partial charge in [0.05, 0.1) is 0 Å². The molecule has 0 bridgehead atoms. The van der Waals surface area contributed by atoms with Crippen molar-refractivity contribution in [2.45, 2.75) is 26.4 Å². The Hall–Kier alpha value is -1.80. The molecular formula is C17H22N2. The first-order valence-electron chi connectivity index (χ1n) is 6.68. The third-order valence-electron chi connectivity index (χ3n) is 3.36. The Balaban J connectivity index is 2.09. The Morgan fingerprint density at radius 1 is 1.11 bits per heavy atom. The number of anilines is 1. The van der Waals surface area contributed by atoms with E-state index in [-0.39, 0.29) is 6.04 Å². The second kappa shape index (κ2) is 5.89. The summed E-state index contributed by atoms with van der Waals surface area (Å²) in [6, 6.07) is 17.2. The molecule has 2 heteroatoms. The first-order valence-corrected chi connectivity index (χ1v) is 6.68. The zero-order chi connectivity index (χ0) is 13.8. The van der Waals surface area contributed by atoms with Crippen LogP contribution in [0.5, 0.6) is 0 Å². The van der Waals surface area contributed by atoms with E-state index in [9.17, 15) is 0 Å². The van der Waals surface area contributed by atoms with E-state index in [2.05, 4.69) is 67.4 Å². The molecule has 2 aromatic carbocycles. The first kappa shape index (κ1) is 13.6. The van der Waals surface area contributed by atoms with Gasteiger partial charge in [0.2, 0.25) is 0 Å². The lowest BCUT2D eigenvalue weighted by Gasteiger charge is -2.20. The number of benzene rings is 2. The van der Waals surface area contributed by atoms with Crippen LogP contribution in [-0.2, 0) is 6.54 Å². The van der Waals surface area contributed by atoms with Crippen LogP contribution in [0, 0.1) is 6.92 Å². The number of aryl methyl sites for hydroxylation is 1. The van der Waals surface area contributed by atoms with Gasteiger partial charge in [-0.2, -0.15) is 0 Å². The SMILES string of the molecule is Cc1cccc(CN(C)c2ccc([C@@H](C)N)cc2)c1. The molecule has 1 atom stereocenters. The lowest BCUT2D eigenvalue weighted by atomic mass is 10.1. The topological polar surface area (TPSA) is 29.3 Å². The lowest BCUT2D eigenvalue weighted by Crippen LogP contribution is -2.16. The third-order valence-corrected chi connectivity index (χ3v) is 3.36. The molecule has 0 aromatic heterocycles. The van der Waals surface area contributed by atoms with Gasteiger partial charge in [-0.05, 0) is 37.1 Å². The fraction of sp³-hybridized carbons (Fsp3) is 0.294. The van der Waals surface area contributed by atoms with E-state index in [1.165, 1.54) is 22.4 Å². The number of hydrogen-bond donors (Lipinski definition) is 1. The molecule has 100 valence electrons. The van der Waals surface area contributed by atoms with Crippen LogP contribution in [-0.4, -0.2) is 7.05 Å². The quantitative estimate of drug-likeness (QED) is 0.902. The van der Waals surface area contributed by atoms with Gasteiger partial charge in [-0.25, -0.2) is 0 Å². The molecule has 0 aliphatic rings. The summed E-state index contributed by atoms with van der Waals surface area (Å²) >= 11 is 0. The molecule has 0 amide bonds. The molecule has 0 aliphatic heterocycles. The van der Waals surface area contributed by atoms with Crippen molar-refractivity contribution in [1.29, 1.82) is 0 Å². The highest BCUT2D eigenvalue weighted by Crippen LogP contribution is 2.19. The summed E-state index contributed by atoms with van der Waals surface area (Å²) in [6.45, 7) is 5.05. The van der Waals surface area contributed by atoms with Gasteiger partial charge in [-0.1, -0.05) is 42.0 Å². The van der Waals surface area contributed by atoms with Crippen LogP contribution >= 0.6 is 0 Å². The van der Waals surface area contributed by atoms with Crippen LogP contribution in [0.15, 0.2) is 48.5 Å². The van der Waals surface area contributed by atoms with E-state index in [1.54, 1.807) is 0 Å². The van der Waals surface area contributed by atoms with E-state index >= 15 is 0 Å². The summed E-state index contributed by atoms with van der Waals surface area (Å²) in [5.74, 6) is 0. The Bertz CT molecular complexity index is 529. The summed E-state index contributed by atoms with van der Waals surface area (Å²) < 4.78 is 0. The van der Waals surface area contributed by atoms with Gasteiger partial charge in [0.25, 0.3) is 0 Å². The van der Waals surface area contributed by atoms with Crippen LogP contribution in [0.2, 0.25) is 0 Å². The second-order valence-electron chi connectivity index (χ2n) is 5.23. The molecule has 0 heterocycles. The highest BCUT2D eigenvalue weighted by Gasteiger charge is 2.04. The van der Waals surface area contributed by atoms with Gasteiger partial charge in [-0.15, -0.1) is 0 Å². The molecule has 0 fully saturated rings. The summed E-state index contributed by atoms with van der Waals surface area (Å²) in [5.41, 5.74) is 10.9. The van der Waals surface area contributed by atoms with E-state index in [1.807, 2.05) is 6.92 Å². The first-order chi connectivity index (χ1) is 9.06. The van der Waals surface area contributed by atoms with E-state index in [0.717, 1.165) is 6.54 Å². The molecule has 0 radical (unpaired) electrons. The molecule has 0 saturated carbocycles. The fourth-order valence-electron chi connectivity index (χ4n) is 2.21. The number of rotatable bonds is 4. The van der Waals surface area contributed by atoms with Crippen molar-refractivity contribution in [3.8, 4) is 0 Å². The molecular weight excluding hydrogens is 232 g/mol. The van der Waals surface area contributed by atoms with Crippen molar-refractivity contribution < 1.29 is 0 Å². The van der Waals surface area contributed by atoms with Crippen LogP contribution in [0.1, 0.15) is 29.7 Å². The van der Waals surface area contributed by atoms with Gasteiger partial charge in [-0.3, -0.25) is 0 Å². The predicted molar refractivity (Wildman–Crippen MR) is 82.3 cm³/mol. The molecule has 19 heavy (non-hydrogen) atoms. The minimum atomic E-state index is 0.0936. The van der Waals surface area contributed by atoms with Crippen molar-refractivity contribution in [2.75, 3.05) is 11.9 Å². The van der Waals surface area contributed by atoms with E-state index in [4.69, 9.17) is 5.73 Å². The Kier molecular flexibility index (Phi) is 4.23. The highest BCUT2D eigenvalue weighted by atomic mass is 15.1. The zero-order valence-electron chi connectivity index (χ0n) is 11.9. The van der Waals surface area contributed by atoms with Crippen molar-refractivity contribution in [3.63, 3.8) is 0 Å². The minimum absolute atomic E-state index is 0.0936. The number of hydrogen-bond acceptors (Lipinski definition) is 2. The summed E-state index contributed by atoms with van der Waals surface area (Å²) in [6.07, 6.45) is 0. The van der Waals surface area contributed by atoms with Crippen LogP contribution in [0.4, 0.5) is 5.69 Å². The maximum absolute atomic E-state index is 5.87. The zero-order valence-corrected chi connectivity index (χ0v) is 11.9. The fourth-order valence-corrected chi connectivity index (χ4v) is 2.21. The van der Waals surface area contributed by atoms with Crippen molar-refractivity contribution in [1.82, 2.24) is 0 Å². The average molecular weight is 254 g/mol. The second-order valence-corrected chi connectivity index (χ2v) is 5.23. The molecule has 0 aliphatic carbocycles. The van der Waals surface area contributed by atoms with Crippen LogP contribution in [0.3, 0.4) is 0 Å². The lowest BCUT2D eigenvalue weighted by molar-refractivity contribution is 0.817. The molecule has 2 rings (SSSR count). The largest absolute Gasteiger partial charge is 0.370 e. The van der Waals surface area contributed by atoms with Crippen molar-refractivity contribution in [3.05, 3.63) is 65.2 Å². The third kappa shape index (κ3) is 3.58. The molecule has 2 nitrogen and oxygen atoms in total. The van der Waals surface area contributed by atoms with Crippen LogP contribution in [0.25, 0.3) is 0 Å². The van der Waals surface area contributed by atoms with E-state index in [0.29, 0.717) is 0 Å². The van der Waals surface area contributed by atoms with Crippen molar-refractivity contribution >= 4 is 5.69 Å². The summed E-state index contributed by atoms with van der Waals surface area (Å²) in [5, 5.41) is 0. The number of nitrogens with zero attached hydrogens (tertiary/aromatic N) is 1. The van der Waals surface area contributed by atoms with E-state index < -0.39 is 0 Å². The standard InChI is InChI=1S/C17H22N2/c1-13-5-4-6-15(11-13)12-19(3)17-9-7-16(8-10-17)14(2)18/h4-11,14H,12,18H2,1-3H3/t14-/m1/s1. The maximum atomic E-state index is 5.87. The van der Waals surface area contributed by atoms with Crippen LogP contribution < -0.4 is 10.6 Å². The Morgan fingerprint density at radius 2 is 1.79 bits per heavy atom. The maximum Gasteiger partial charge on any atom is 0.0426 e. The average Bonchev–Trinajstić information content (AvgIpc) is 2.39. The van der Waals surface area contributed by atoms with Gasteiger partial charge in [0, 0.05) is 25.3 Å². The Labute approximate surface area is 115 Å². The molecule has 2 N–H and O–H groups in total. The predicted octanol–water partition coefficient (Wildman–Crippen LogP) is 3.65. The summed E-state index contributed by atoms with van der Waals surface area (Å²) in [7, 11) is 2.11. The van der Waals surface area contributed by atoms with Gasteiger partial charge >= 0.3 is 0 Å². The van der Waals surface area contributed by atoms with Crippen molar-refractivity contribution in [2.24, 2.45) is 5.73 Å². The smallest absolute Gasteiger partial charge is 0.0426 e. The van der Waals surface area contributed by atoms with Gasteiger partial charge in [0.1, 0.15) is 0 Å². The molecule has 0 spiro atoms. The molecule has 0 saturated heterocycles. The monoisotopic (exact) mass is 254 g/mol. The molecule has 0 unspecified atom stereocenters. The minimum Gasteiger partial charge on any atom is -0.370 e. The highest BCUT2D eigenvalue weighted by molar-refractivity contribution is 5.48. The summed E-state index contributed by atoms with van der Waals surface area (Å²) in [4.78, 5) is 2.25.